The smallest absolute Gasteiger partial charge is 0.227 e. The van der Waals surface area contributed by atoms with E-state index in [0.717, 1.165) is 18.7 Å². The number of para-hydroxylation sites is 1. The number of benzene rings is 2. The van der Waals surface area contributed by atoms with E-state index < -0.39 is 0 Å². The lowest BCUT2D eigenvalue weighted by atomic mass is 10.1. The topological polar surface area (TPSA) is 73.2 Å². The van der Waals surface area contributed by atoms with E-state index in [1.807, 2.05) is 23.1 Å². The summed E-state index contributed by atoms with van der Waals surface area (Å²) in [5.74, 6) is 0.0658. The molecule has 26 heavy (non-hydrogen) atoms. The third-order valence-electron chi connectivity index (χ3n) is 4.60. The van der Waals surface area contributed by atoms with E-state index in [0.29, 0.717) is 36.2 Å². The summed E-state index contributed by atoms with van der Waals surface area (Å²) < 4.78 is 0. The first kappa shape index (κ1) is 17.7. The Balaban J connectivity index is 1.56. The molecule has 1 heterocycles. The molecule has 1 aliphatic heterocycles. The number of carbonyl (C=O) groups is 2. The van der Waals surface area contributed by atoms with Crippen molar-refractivity contribution < 1.29 is 9.59 Å². The van der Waals surface area contributed by atoms with Crippen LogP contribution in [-0.2, 0) is 11.2 Å². The molecule has 3 rings (SSSR count). The number of nitrogens with zero attached hydrogens (tertiary/aromatic N) is 2. The summed E-state index contributed by atoms with van der Waals surface area (Å²) in [6.07, 6.45) is 2.00. The highest BCUT2D eigenvalue weighted by atomic mass is 16.2. The molecule has 0 saturated carbocycles. The Morgan fingerprint density at radius 2 is 2.04 bits per heavy atom. The van der Waals surface area contributed by atoms with Crippen LogP contribution in [0.1, 0.15) is 41.3 Å². The van der Waals surface area contributed by atoms with Crippen LogP contribution in [0.2, 0.25) is 0 Å². The van der Waals surface area contributed by atoms with Crippen LogP contribution in [0.15, 0.2) is 42.5 Å². The molecule has 0 atom stereocenters. The largest absolute Gasteiger partial charge is 0.384 e. The van der Waals surface area contributed by atoms with Gasteiger partial charge in [0.2, 0.25) is 5.91 Å². The van der Waals surface area contributed by atoms with Crippen molar-refractivity contribution in [1.82, 2.24) is 0 Å². The van der Waals surface area contributed by atoms with Gasteiger partial charge in [-0.15, -0.1) is 0 Å². The Morgan fingerprint density at radius 3 is 2.81 bits per heavy atom. The number of rotatable bonds is 6. The van der Waals surface area contributed by atoms with E-state index in [2.05, 4.69) is 17.5 Å². The number of amides is 1. The summed E-state index contributed by atoms with van der Waals surface area (Å²) in [5, 5.41) is 12.2. The van der Waals surface area contributed by atoms with Gasteiger partial charge in [0.25, 0.3) is 0 Å². The number of nitrogens with one attached hydrogen (secondary N) is 1. The van der Waals surface area contributed by atoms with Crippen LogP contribution in [0, 0.1) is 11.3 Å². The van der Waals surface area contributed by atoms with Crippen molar-refractivity contribution in [3.05, 3.63) is 59.2 Å². The number of nitriles is 1. The number of hydrogen-bond acceptors (Lipinski definition) is 4. The van der Waals surface area contributed by atoms with Gasteiger partial charge in [0.15, 0.2) is 5.78 Å². The molecule has 0 bridgehead atoms. The Kier molecular flexibility index (Phi) is 5.33. The number of hydrogen-bond donors (Lipinski definition) is 1. The minimum Gasteiger partial charge on any atom is -0.384 e. The molecular weight excluding hydrogens is 326 g/mol. The van der Waals surface area contributed by atoms with Crippen molar-refractivity contribution in [1.29, 1.82) is 5.26 Å². The number of Topliss-reactive ketones (excluding diaryl/α,β-unsaturated/α-hetero) is 1. The summed E-state index contributed by atoms with van der Waals surface area (Å²) in [6.45, 7) is 2.81. The van der Waals surface area contributed by atoms with E-state index >= 15 is 0 Å². The van der Waals surface area contributed by atoms with Gasteiger partial charge in [0.05, 0.1) is 11.6 Å². The first-order valence-electron chi connectivity index (χ1n) is 8.77. The van der Waals surface area contributed by atoms with E-state index in [1.54, 1.807) is 18.2 Å². The van der Waals surface area contributed by atoms with Crippen LogP contribution in [0.5, 0.6) is 0 Å². The number of fused-ring (bicyclic) bond motifs is 1. The molecule has 0 fully saturated rings. The van der Waals surface area contributed by atoms with Gasteiger partial charge < -0.3 is 10.2 Å². The third kappa shape index (κ3) is 3.75. The molecule has 0 aliphatic carbocycles. The molecule has 1 amide bonds. The lowest BCUT2D eigenvalue weighted by Gasteiger charge is -2.17. The first-order chi connectivity index (χ1) is 12.6. The van der Waals surface area contributed by atoms with Crippen LogP contribution in [0.25, 0.3) is 0 Å². The molecule has 0 unspecified atom stereocenters. The predicted molar refractivity (Wildman–Crippen MR) is 101 cm³/mol. The summed E-state index contributed by atoms with van der Waals surface area (Å²) in [6, 6.07) is 15.1. The maximum absolute atomic E-state index is 12.5. The van der Waals surface area contributed by atoms with E-state index in [4.69, 9.17) is 5.26 Å². The van der Waals surface area contributed by atoms with Gasteiger partial charge in [-0.3, -0.25) is 9.59 Å². The molecular formula is C21H21N3O2. The molecule has 0 saturated heterocycles. The van der Waals surface area contributed by atoms with Gasteiger partial charge in [-0.1, -0.05) is 18.2 Å². The highest BCUT2D eigenvalue weighted by molar-refractivity contribution is 5.99. The van der Waals surface area contributed by atoms with E-state index in [9.17, 15) is 9.59 Å². The third-order valence-corrected chi connectivity index (χ3v) is 4.60. The van der Waals surface area contributed by atoms with Crippen molar-refractivity contribution in [2.24, 2.45) is 0 Å². The van der Waals surface area contributed by atoms with Gasteiger partial charge in [-0.2, -0.15) is 5.26 Å². The number of anilines is 2. The van der Waals surface area contributed by atoms with Gasteiger partial charge in [-0.05, 0) is 49.6 Å². The summed E-state index contributed by atoms with van der Waals surface area (Å²) in [4.78, 5) is 26.1. The van der Waals surface area contributed by atoms with Crippen LogP contribution < -0.4 is 10.2 Å². The Hall–Kier alpha value is -3.13. The van der Waals surface area contributed by atoms with Crippen molar-refractivity contribution in [2.45, 2.75) is 26.2 Å². The summed E-state index contributed by atoms with van der Waals surface area (Å²) >= 11 is 0. The molecule has 0 spiro atoms. The normalized spacial score (nSPS) is 12.4. The fourth-order valence-electron chi connectivity index (χ4n) is 3.26. The van der Waals surface area contributed by atoms with Crippen LogP contribution in [-0.4, -0.2) is 24.8 Å². The van der Waals surface area contributed by atoms with Crippen molar-refractivity contribution in [2.75, 3.05) is 23.3 Å². The molecule has 0 aromatic heterocycles. The van der Waals surface area contributed by atoms with Gasteiger partial charge in [-0.25, -0.2) is 0 Å². The van der Waals surface area contributed by atoms with Gasteiger partial charge in [0.1, 0.15) is 0 Å². The summed E-state index contributed by atoms with van der Waals surface area (Å²) in [5.41, 5.74) is 3.95. The van der Waals surface area contributed by atoms with Crippen LogP contribution in [0.4, 0.5) is 11.4 Å². The molecule has 1 aliphatic rings. The Morgan fingerprint density at radius 1 is 1.23 bits per heavy atom. The lowest BCUT2D eigenvalue weighted by molar-refractivity contribution is -0.118. The fraction of sp³-hybridized carbons (Fsp3) is 0.286. The zero-order valence-corrected chi connectivity index (χ0v) is 14.8. The first-order valence-corrected chi connectivity index (χ1v) is 8.77. The maximum Gasteiger partial charge on any atom is 0.227 e. The standard InChI is InChI=1S/C21H21N3O2/c1-15(25)18-9-8-16(14-22)13-19(18)23-11-4-7-21(26)24-12-10-17-5-2-3-6-20(17)24/h2-3,5-6,8-9,13,23H,4,7,10-12H2,1H3. The monoisotopic (exact) mass is 347 g/mol. The molecule has 1 N–H and O–H groups in total. The molecule has 2 aromatic carbocycles. The second kappa shape index (κ2) is 7.83. The van der Waals surface area contributed by atoms with E-state index in [-0.39, 0.29) is 11.7 Å². The average Bonchev–Trinajstić information content (AvgIpc) is 3.09. The zero-order chi connectivity index (χ0) is 18.5. The SMILES string of the molecule is CC(=O)c1ccc(C#N)cc1NCCCC(=O)N1CCc2ccccc21. The molecule has 2 aromatic rings. The Labute approximate surface area is 153 Å². The molecule has 5 heteroatoms. The van der Waals surface area contributed by atoms with Gasteiger partial charge in [0, 0.05) is 36.4 Å². The minimum atomic E-state index is -0.0539. The van der Waals surface area contributed by atoms with Gasteiger partial charge >= 0.3 is 0 Å². The zero-order valence-electron chi connectivity index (χ0n) is 14.8. The van der Waals surface area contributed by atoms with Crippen molar-refractivity contribution in [3.63, 3.8) is 0 Å². The minimum absolute atomic E-state index is 0.0539. The highest BCUT2D eigenvalue weighted by Gasteiger charge is 2.23. The van der Waals surface area contributed by atoms with E-state index in [1.165, 1.54) is 12.5 Å². The van der Waals surface area contributed by atoms with Crippen LogP contribution in [0.3, 0.4) is 0 Å². The second-order valence-corrected chi connectivity index (χ2v) is 6.38. The predicted octanol–water partition coefficient (Wildman–Crippen LogP) is 3.54. The maximum atomic E-state index is 12.5. The Bertz CT molecular complexity index is 883. The fourth-order valence-corrected chi connectivity index (χ4v) is 3.26. The molecule has 5 nitrogen and oxygen atoms in total. The molecule has 132 valence electrons. The molecule has 0 radical (unpaired) electrons. The quantitative estimate of drug-likeness (QED) is 0.641. The highest BCUT2D eigenvalue weighted by Crippen LogP contribution is 2.28. The second-order valence-electron chi connectivity index (χ2n) is 6.38. The lowest BCUT2D eigenvalue weighted by Crippen LogP contribution is -2.29. The number of ketones is 1. The average molecular weight is 347 g/mol. The number of carbonyl (C=O) groups excluding carboxylic acids is 2. The summed E-state index contributed by atoms with van der Waals surface area (Å²) in [7, 11) is 0. The van der Waals surface area contributed by atoms with Crippen molar-refractivity contribution >= 4 is 23.1 Å². The van der Waals surface area contributed by atoms with Crippen LogP contribution >= 0.6 is 0 Å². The van der Waals surface area contributed by atoms with Crippen molar-refractivity contribution in [3.8, 4) is 6.07 Å².